The third-order valence-electron chi connectivity index (χ3n) is 2.55. The van der Waals surface area contributed by atoms with Crippen LogP contribution in [0.5, 0.6) is 5.75 Å². The number of fused-ring (bicyclic) bond motifs is 1. The first-order valence-electron chi connectivity index (χ1n) is 5.06. The molecule has 0 aliphatic heterocycles. The maximum absolute atomic E-state index is 5.78. The molecule has 0 aliphatic carbocycles. The van der Waals surface area contributed by atoms with Crippen molar-refractivity contribution in [2.45, 2.75) is 0 Å². The molecule has 0 aliphatic rings. The van der Waals surface area contributed by atoms with E-state index in [0.29, 0.717) is 11.4 Å². The predicted octanol–water partition coefficient (Wildman–Crippen LogP) is 3.15. The molecule has 0 unspecified atom stereocenters. The van der Waals surface area contributed by atoms with Gasteiger partial charge in [-0.05, 0) is 29.7 Å². The molecule has 17 heavy (non-hydrogen) atoms. The Morgan fingerprint density at radius 2 is 2.24 bits per heavy atom. The summed E-state index contributed by atoms with van der Waals surface area (Å²) < 4.78 is 11.5. The van der Waals surface area contributed by atoms with E-state index in [9.17, 15) is 0 Å². The molecule has 0 amide bonds. The van der Waals surface area contributed by atoms with Crippen LogP contribution in [0.2, 0.25) is 0 Å². The first-order chi connectivity index (χ1) is 8.28. The van der Waals surface area contributed by atoms with Crippen LogP contribution in [0.25, 0.3) is 20.7 Å². The fourth-order valence-electron chi connectivity index (χ4n) is 1.68. The molecule has 2 aromatic heterocycles. The van der Waals surface area contributed by atoms with Gasteiger partial charge in [0.25, 0.3) is 0 Å². The highest BCUT2D eigenvalue weighted by atomic mass is 32.1. The monoisotopic (exact) mass is 246 g/mol. The number of thiophene rings is 1. The number of nitrogens with two attached hydrogens (primary N) is 1. The third-order valence-corrected chi connectivity index (χ3v) is 3.65. The number of hydrogen-bond donors (Lipinski definition) is 1. The first kappa shape index (κ1) is 10.2. The minimum absolute atomic E-state index is 0.559. The van der Waals surface area contributed by atoms with Gasteiger partial charge >= 0.3 is 0 Å². The zero-order valence-electron chi connectivity index (χ0n) is 9.14. The number of anilines is 1. The van der Waals surface area contributed by atoms with E-state index in [1.54, 1.807) is 18.4 Å². The molecule has 0 radical (unpaired) electrons. The number of hydrogen-bond acceptors (Lipinski definition) is 5. The van der Waals surface area contributed by atoms with E-state index < -0.39 is 0 Å². The molecule has 86 valence electrons. The van der Waals surface area contributed by atoms with Crippen LogP contribution < -0.4 is 10.5 Å². The van der Waals surface area contributed by atoms with Gasteiger partial charge in [0.15, 0.2) is 5.76 Å². The fourth-order valence-corrected chi connectivity index (χ4v) is 2.78. The van der Waals surface area contributed by atoms with Gasteiger partial charge in [-0.2, -0.15) is 0 Å². The van der Waals surface area contributed by atoms with E-state index in [2.05, 4.69) is 5.16 Å². The average Bonchev–Trinajstić information content (AvgIpc) is 2.93. The number of ether oxygens (including phenoxy) is 1. The van der Waals surface area contributed by atoms with Crippen LogP contribution in [0.3, 0.4) is 0 Å². The Balaban J connectivity index is 2.17. The molecule has 0 fully saturated rings. The van der Waals surface area contributed by atoms with Crippen molar-refractivity contribution in [3.63, 3.8) is 0 Å². The molecule has 5 heteroatoms. The van der Waals surface area contributed by atoms with E-state index in [1.165, 1.54) is 6.20 Å². The van der Waals surface area contributed by atoms with Crippen LogP contribution in [0.4, 0.5) is 5.69 Å². The standard InChI is InChI=1S/C12H10N2O2S/c1-15-8-3-2-7-4-11(17-10(7)5-8)12-9(13)6-14-16-12/h2-6H,13H2,1H3. The molecule has 2 N–H and O–H groups in total. The van der Waals surface area contributed by atoms with Gasteiger partial charge in [0.2, 0.25) is 0 Å². The summed E-state index contributed by atoms with van der Waals surface area (Å²) in [6.45, 7) is 0. The number of rotatable bonds is 2. The molecule has 0 saturated carbocycles. The van der Waals surface area contributed by atoms with Crippen LogP contribution in [0, 0.1) is 0 Å². The van der Waals surface area contributed by atoms with Crippen molar-refractivity contribution in [2.24, 2.45) is 0 Å². The molecule has 4 nitrogen and oxygen atoms in total. The van der Waals surface area contributed by atoms with Gasteiger partial charge in [0.1, 0.15) is 11.4 Å². The minimum Gasteiger partial charge on any atom is -0.497 e. The number of methoxy groups -OCH3 is 1. The molecule has 3 rings (SSSR count). The quantitative estimate of drug-likeness (QED) is 0.754. The van der Waals surface area contributed by atoms with Gasteiger partial charge < -0.3 is 15.0 Å². The normalized spacial score (nSPS) is 10.9. The number of benzene rings is 1. The summed E-state index contributed by atoms with van der Waals surface area (Å²) in [6.07, 6.45) is 1.51. The largest absolute Gasteiger partial charge is 0.497 e. The number of aromatic nitrogens is 1. The van der Waals surface area contributed by atoms with E-state index in [0.717, 1.165) is 20.7 Å². The third kappa shape index (κ3) is 1.64. The zero-order chi connectivity index (χ0) is 11.8. The highest BCUT2D eigenvalue weighted by molar-refractivity contribution is 7.22. The Hall–Kier alpha value is -2.01. The van der Waals surface area contributed by atoms with Gasteiger partial charge in [0, 0.05) is 4.70 Å². The Morgan fingerprint density at radius 3 is 2.94 bits per heavy atom. The van der Waals surface area contributed by atoms with Crippen LogP contribution in [0.1, 0.15) is 0 Å². The second-order valence-corrected chi connectivity index (χ2v) is 4.71. The molecule has 0 spiro atoms. The smallest absolute Gasteiger partial charge is 0.199 e. The van der Waals surface area contributed by atoms with Gasteiger partial charge in [-0.25, -0.2) is 0 Å². The Morgan fingerprint density at radius 1 is 1.35 bits per heavy atom. The summed E-state index contributed by atoms with van der Waals surface area (Å²) in [6, 6.07) is 7.98. The summed E-state index contributed by atoms with van der Waals surface area (Å²) in [5.41, 5.74) is 6.34. The second kappa shape index (κ2) is 3.78. The van der Waals surface area contributed by atoms with Gasteiger partial charge in [-0.3, -0.25) is 0 Å². The van der Waals surface area contributed by atoms with Gasteiger partial charge in [-0.15, -0.1) is 11.3 Å². The lowest BCUT2D eigenvalue weighted by atomic mass is 10.2. The Labute approximate surface area is 102 Å². The highest BCUT2D eigenvalue weighted by Crippen LogP contribution is 2.37. The van der Waals surface area contributed by atoms with Crippen molar-refractivity contribution in [1.82, 2.24) is 5.16 Å². The molecular weight excluding hydrogens is 236 g/mol. The molecule has 3 aromatic rings. The minimum atomic E-state index is 0.559. The van der Waals surface area contributed by atoms with Crippen molar-refractivity contribution >= 4 is 27.1 Å². The fraction of sp³-hybridized carbons (Fsp3) is 0.0833. The summed E-state index contributed by atoms with van der Waals surface area (Å²) in [5.74, 6) is 1.47. The van der Waals surface area contributed by atoms with Gasteiger partial charge in [-0.1, -0.05) is 5.16 Å². The van der Waals surface area contributed by atoms with E-state index >= 15 is 0 Å². The SMILES string of the molecule is COc1ccc2cc(-c3oncc3N)sc2c1. The molecule has 0 atom stereocenters. The zero-order valence-corrected chi connectivity index (χ0v) is 9.95. The topological polar surface area (TPSA) is 61.3 Å². The average molecular weight is 246 g/mol. The van der Waals surface area contributed by atoms with Crippen molar-refractivity contribution in [2.75, 3.05) is 12.8 Å². The van der Waals surface area contributed by atoms with E-state index in [4.69, 9.17) is 15.0 Å². The van der Waals surface area contributed by atoms with Crippen molar-refractivity contribution < 1.29 is 9.26 Å². The Bertz CT molecular complexity index is 672. The van der Waals surface area contributed by atoms with Crippen molar-refractivity contribution in [1.29, 1.82) is 0 Å². The van der Waals surface area contributed by atoms with E-state index in [1.807, 2.05) is 24.3 Å². The number of nitrogen functional groups attached to an aromatic ring is 1. The van der Waals surface area contributed by atoms with Crippen LogP contribution >= 0.6 is 11.3 Å². The van der Waals surface area contributed by atoms with Crippen molar-refractivity contribution in [3.8, 4) is 16.4 Å². The maximum atomic E-state index is 5.78. The summed E-state index contributed by atoms with van der Waals surface area (Å²) in [5, 5.41) is 4.82. The first-order valence-corrected chi connectivity index (χ1v) is 5.87. The van der Waals surface area contributed by atoms with Crippen molar-refractivity contribution in [3.05, 3.63) is 30.5 Å². The highest BCUT2D eigenvalue weighted by Gasteiger charge is 2.11. The number of nitrogens with zero attached hydrogens (tertiary/aromatic N) is 1. The van der Waals surface area contributed by atoms with Crippen LogP contribution in [-0.2, 0) is 0 Å². The lowest BCUT2D eigenvalue weighted by Crippen LogP contribution is -1.81. The summed E-state index contributed by atoms with van der Waals surface area (Å²) >= 11 is 1.60. The second-order valence-electron chi connectivity index (χ2n) is 3.62. The lowest BCUT2D eigenvalue weighted by Gasteiger charge is -1.97. The summed E-state index contributed by atoms with van der Waals surface area (Å²) in [7, 11) is 1.66. The Kier molecular flexibility index (Phi) is 2.26. The molecule has 0 bridgehead atoms. The lowest BCUT2D eigenvalue weighted by molar-refractivity contribution is 0.415. The molecule has 2 heterocycles. The molecular formula is C12H10N2O2S. The van der Waals surface area contributed by atoms with Crippen LogP contribution in [0.15, 0.2) is 35.0 Å². The van der Waals surface area contributed by atoms with E-state index in [-0.39, 0.29) is 0 Å². The maximum Gasteiger partial charge on any atom is 0.199 e. The molecule has 1 aromatic carbocycles. The predicted molar refractivity (Wildman–Crippen MR) is 68.3 cm³/mol. The van der Waals surface area contributed by atoms with Gasteiger partial charge in [0.05, 0.1) is 18.2 Å². The molecule has 0 saturated heterocycles. The summed E-state index contributed by atoms with van der Waals surface area (Å²) in [4.78, 5) is 0.975. The van der Waals surface area contributed by atoms with Crippen LogP contribution in [-0.4, -0.2) is 12.3 Å².